The molecule has 0 unspecified atom stereocenters. The average Bonchev–Trinajstić information content (AvgIpc) is 2.87. The van der Waals surface area contributed by atoms with Gasteiger partial charge in [-0.1, -0.05) is 40.9 Å². The van der Waals surface area contributed by atoms with E-state index in [0.29, 0.717) is 38.0 Å². The van der Waals surface area contributed by atoms with E-state index in [4.69, 9.17) is 34.8 Å². The van der Waals surface area contributed by atoms with E-state index in [1.54, 1.807) is 43.3 Å². The van der Waals surface area contributed by atoms with Crippen molar-refractivity contribution in [2.45, 2.75) is 6.92 Å². The number of aromatic nitrogens is 3. The maximum Gasteiger partial charge on any atom is 0.256 e. The fraction of sp³-hybridized carbons (Fsp3) is 0.0625. The molecule has 1 N–H and O–H groups in total. The Labute approximate surface area is 153 Å². The van der Waals surface area contributed by atoms with Crippen molar-refractivity contribution in [1.82, 2.24) is 14.8 Å². The van der Waals surface area contributed by atoms with Crippen LogP contribution in [0.15, 0.2) is 42.6 Å². The highest BCUT2D eigenvalue weighted by Gasteiger charge is 2.15. The Bertz CT molecular complexity index is 923. The second-order valence-corrected chi connectivity index (χ2v) is 6.29. The van der Waals surface area contributed by atoms with E-state index in [0.717, 1.165) is 0 Å². The second-order valence-electron chi connectivity index (χ2n) is 5.01. The zero-order chi connectivity index (χ0) is 17.3. The lowest BCUT2D eigenvalue weighted by molar-refractivity contribution is 0.102. The minimum absolute atomic E-state index is 0.316. The summed E-state index contributed by atoms with van der Waals surface area (Å²) in [5.74, 6) is 0.494. The molecule has 0 aliphatic carbocycles. The molecule has 2 heterocycles. The third-order valence-electron chi connectivity index (χ3n) is 3.15. The molecule has 0 aliphatic rings. The SMILES string of the molecule is Cc1cc(NC(=O)c2cccc(Cl)c2)n(-c2ncc(Cl)cc2Cl)n1. The third-order valence-corrected chi connectivity index (χ3v) is 3.87. The molecule has 0 saturated carbocycles. The molecule has 0 bridgehead atoms. The first-order valence-electron chi connectivity index (χ1n) is 6.89. The Kier molecular flexibility index (Phi) is 4.76. The quantitative estimate of drug-likeness (QED) is 0.709. The summed E-state index contributed by atoms with van der Waals surface area (Å²) in [4.78, 5) is 16.6. The second kappa shape index (κ2) is 6.81. The molecule has 3 aromatic rings. The molecule has 0 spiro atoms. The number of nitrogens with one attached hydrogen (secondary N) is 1. The van der Waals surface area contributed by atoms with E-state index in [-0.39, 0.29) is 5.91 Å². The monoisotopic (exact) mass is 380 g/mol. The van der Waals surface area contributed by atoms with Crippen molar-refractivity contribution in [1.29, 1.82) is 0 Å². The van der Waals surface area contributed by atoms with Crippen molar-refractivity contribution in [3.05, 3.63) is 68.9 Å². The number of rotatable bonds is 3. The lowest BCUT2D eigenvalue weighted by atomic mass is 10.2. The number of carbonyl (C=O) groups excluding carboxylic acids is 1. The van der Waals surface area contributed by atoms with Gasteiger partial charge in [0.1, 0.15) is 5.82 Å². The summed E-state index contributed by atoms with van der Waals surface area (Å²) in [6.45, 7) is 1.80. The smallest absolute Gasteiger partial charge is 0.256 e. The highest BCUT2D eigenvalue weighted by molar-refractivity contribution is 6.35. The maximum atomic E-state index is 12.4. The summed E-state index contributed by atoms with van der Waals surface area (Å²) in [6.07, 6.45) is 1.46. The number of hydrogen-bond acceptors (Lipinski definition) is 3. The molecule has 1 amide bonds. The van der Waals surface area contributed by atoms with Gasteiger partial charge < -0.3 is 5.32 Å². The minimum Gasteiger partial charge on any atom is -0.306 e. The Morgan fingerprint density at radius 3 is 2.62 bits per heavy atom. The number of nitrogens with zero attached hydrogens (tertiary/aromatic N) is 3. The van der Waals surface area contributed by atoms with Gasteiger partial charge in [-0.3, -0.25) is 4.79 Å². The summed E-state index contributed by atoms with van der Waals surface area (Å²) in [5, 5.41) is 8.33. The van der Waals surface area contributed by atoms with E-state index in [1.165, 1.54) is 10.9 Å². The van der Waals surface area contributed by atoms with Gasteiger partial charge in [0.15, 0.2) is 5.82 Å². The first-order valence-corrected chi connectivity index (χ1v) is 8.02. The summed E-state index contributed by atoms with van der Waals surface area (Å²) in [5.41, 5.74) is 1.13. The fourth-order valence-corrected chi connectivity index (χ4v) is 2.78. The normalized spacial score (nSPS) is 10.7. The molecule has 24 heavy (non-hydrogen) atoms. The highest BCUT2D eigenvalue weighted by Crippen LogP contribution is 2.25. The van der Waals surface area contributed by atoms with Crippen LogP contribution in [0.4, 0.5) is 5.82 Å². The Hall–Kier alpha value is -2.08. The van der Waals surface area contributed by atoms with E-state index in [2.05, 4.69) is 15.4 Å². The lowest BCUT2D eigenvalue weighted by Gasteiger charge is -2.10. The van der Waals surface area contributed by atoms with Crippen LogP contribution in [0.2, 0.25) is 15.1 Å². The molecule has 122 valence electrons. The zero-order valence-electron chi connectivity index (χ0n) is 12.4. The molecule has 0 radical (unpaired) electrons. The number of pyridine rings is 1. The first kappa shape index (κ1) is 16.8. The van der Waals surface area contributed by atoms with Crippen LogP contribution in [-0.2, 0) is 0 Å². The molecule has 0 saturated heterocycles. The van der Waals surface area contributed by atoms with Gasteiger partial charge in [-0.15, -0.1) is 0 Å². The van der Waals surface area contributed by atoms with Gasteiger partial charge in [-0.2, -0.15) is 9.78 Å². The lowest BCUT2D eigenvalue weighted by Crippen LogP contribution is -2.15. The summed E-state index contributed by atoms with van der Waals surface area (Å²) in [7, 11) is 0. The Morgan fingerprint density at radius 1 is 1.12 bits per heavy atom. The van der Waals surface area contributed by atoms with E-state index < -0.39 is 0 Å². The number of anilines is 1. The molecule has 1 aromatic carbocycles. The number of amides is 1. The van der Waals surface area contributed by atoms with E-state index >= 15 is 0 Å². The highest BCUT2D eigenvalue weighted by atomic mass is 35.5. The summed E-state index contributed by atoms with van der Waals surface area (Å²) in [6, 6.07) is 9.93. The number of carbonyl (C=O) groups is 1. The summed E-state index contributed by atoms with van der Waals surface area (Å²) < 4.78 is 1.45. The number of hydrogen-bond donors (Lipinski definition) is 1. The standard InChI is InChI=1S/C16H11Cl3N4O/c1-9-5-14(21-16(24)10-3-2-4-11(17)6-10)23(22-9)15-13(19)7-12(18)8-20-15/h2-8H,1H3,(H,21,24). The minimum atomic E-state index is -0.316. The van der Waals surface area contributed by atoms with Crippen LogP contribution in [0.1, 0.15) is 16.1 Å². The van der Waals surface area contributed by atoms with E-state index in [9.17, 15) is 4.79 Å². The van der Waals surface area contributed by atoms with Gasteiger partial charge >= 0.3 is 0 Å². The topological polar surface area (TPSA) is 59.8 Å². The van der Waals surface area contributed by atoms with Gasteiger partial charge in [0.25, 0.3) is 5.91 Å². The molecule has 0 aliphatic heterocycles. The van der Waals surface area contributed by atoms with Crippen LogP contribution in [0.25, 0.3) is 5.82 Å². The van der Waals surface area contributed by atoms with Crippen LogP contribution < -0.4 is 5.32 Å². The van der Waals surface area contributed by atoms with Gasteiger partial charge in [0.05, 0.1) is 15.7 Å². The molecule has 2 aromatic heterocycles. The first-order chi connectivity index (χ1) is 11.4. The van der Waals surface area contributed by atoms with Crippen LogP contribution in [0.3, 0.4) is 0 Å². The molecular formula is C16H11Cl3N4O. The molecule has 3 rings (SSSR count). The van der Waals surface area contributed by atoms with Crippen molar-refractivity contribution in [3.8, 4) is 5.82 Å². The molecule has 5 nitrogen and oxygen atoms in total. The number of benzene rings is 1. The van der Waals surface area contributed by atoms with Crippen molar-refractivity contribution in [2.24, 2.45) is 0 Å². The Balaban J connectivity index is 1.96. The van der Waals surface area contributed by atoms with Crippen LogP contribution in [0.5, 0.6) is 0 Å². The van der Waals surface area contributed by atoms with E-state index in [1.807, 2.05) is 0 Å². The molecule has 0 atom stereocenters. The molecular weight excluding hydrogens is 371 g/mol. The van der Waals surface area contributed by atoms with Crippen molar-refractivity contribution >= 4 is 46.5 Å². The van der Waals surface area contributed by atoms with Crippen LogP contribution in [0, 0.1) is 6.92 Å². The van der Waals surface area contributed by atoms with Gasteiger partial charge in [0.2, 0.25) is 0 Å². The van der Waals surface area contributed by atoms with Gasteiger partial charge in [-0.25, -0.2) is 4.98 Å². The zero-order valence-corrected chi connectivity index (χ0v) is 14.7. The predicted octanol–water partition coefficient (Wildman–Crippen LogP) is 4.79. The number of halogens is 3. The van der Waals surface area contributed by atoms with Crippen molar-refractivity contribution < 1.29 is 4.79 Å². The van der Waals surface area contributed by atoms with Crippen molar-refractivity contribution in [3.63, 3.8) is 0 Å². The third kappa shape index (κ3) is 3.53. The maximum absolute atomic E-state index is 12.4. The molecule has 8 heteroatoms. The fourth-order valence-electron chi connectivity index (χ4n) is 2.13. The van der Waals surface area contributed by atoms with Crippen molar-refractivity contribution in [2.75, 3.05) is 5.32 Å². The summed E-state index contributed by atoms with van der Waals surface area (Å²) >= 11 is 18.0. The van der Waals surface area contributed by atoms with Gasteiger partial charge in [0, 0.05) is 22.8 Å². The van der Waals surface area contributed by atoms with Crippen LogP contribution >= 0.6 is 34.8 Å². The van der Waals surface area contributed by atoms with Crippen LogP contribution in [-0.4, -0.2) is 20.7 Å². The van der Waals surface area contributed by atoms with Gasteiger partial charge in [-0.05, 0) is 31.2 Å². The molecule has 0 fully saturated rings. The average molecular weight is 382 g/mol. The largest absolute Gasteiger partial charge is 0.306 e. The Morgan fingerprint density at radius 2 is 1.92 bits per heavy atom. The predicted molar refractivity (Wildman–Crippen MR) is 95.5 cm³/mol. The number of aryl methyl sites for hydroxylation is 1.